The van der Waals surface area contributed by atoms with E-state index in [-0.39, 0.29) is 0 Å². The molecule has 0 saturated carbocycles. The van der Waals surface area contributed by atoms with Gasteiger partial charge in [-0.2, -0.15) is 0 Å². The number of rotatable bonds is 6. The average Bonchev–Trinajstić information content (AvgIpc) is 2.43. The summed E-state index contributed by atoms with van der Waals surface area (Å²) in [5.41, 5.74) is 1.29. The summed E-state index contributed by atoms with van der Waals surface area (Å²) in [7, 11) is 0. The Bertz CT molecular complexity index is 603. The molecule has 0 radical (unpaired) electrons. The lowest BCUT2D eigenvalue weighted by Gasteiger charge is -2.12. The van der Waals surface area contributed by atoms with Crippen molar-refractivity contribution in [2.75, 3.05) is 6.54 Å². The fourth-order valence-corrected chi connectivity index (χ4v) is 3.77. The number of aromatic nitrogens is 1. The Morgan fingerprint density at radius 2 is 2.05 bits per heavy atom. The van der Waals surface area contributed by atoms with Crippen LogP contribution < -0.4 is 5.32 Å². The van der Waals surface area contributed by atoms with Crippen LogP contribution in [-0.4, -0.2) is 11.5 Å². The van der Waals surface area contributed by atoms with Gasteiger partial charge < -0.3 is 5.32 Å². The summed E-state index contributed by atoms with van der Waals surface area (Å²) >= 11 is 8.80. The summed E-state index contributed by atoms with van der Waals surface area (Å²) in [5.74, 6) is 0.654. The molecule has 0 fully saturated rings. The lowest BCUT2D eigenvalue weighted by atomic mass is 10.2. The van der Waals surface area contributed by atoms with E-state index in [4.69, 9.17) is 0 Å². The largest absolute Gasteiger partial charge is 0.312 e. The van der Waals surface area contributed by atoms with Crippen LogP contribution in [-0.2, 0) is 6.54 Å². The fourth-order valence-electron chi connectivity index (χ4n) is 1.82. The third-order valence-corrected chi connectivity index (χ3v) is 5.34. The molecule has 0 unspecified atom stereocenters. The molecule has 1 heterocycles. The van der Waals surface area contributed by atoms with Crippen molar-refractivity contribution in [2.24, 2.45) is 5.92 Å². The first kappa shape index (κ1) is 17.0. The zero-order valence-electron chi connectivity index (χ0n) is 12.1. The predicted octanol–water partition coefficient (Wildman–Crippen LogP) is 5.50. The number of pyridine rings is 1. The van der Waals surface area contributed by atoms with Crippen LogP contribution in [0, 0.1) is 5.92 Å². The van der Waals surface area contributed by atoms with Crippen molar-refractivity contribution in [1.29, 1.82) is 0 Å². The molecule has 1 N–H and O–H groups in total. The molecular weight excluding hydrogens is 412 g/mol. The zero-order valence-corrected chi connectivity index (χ0v) is 16.1. The van der Waals surface area contributed by atoms with E-state index in [1.807, 2.05) is 18.3 Å². The first-order valence-corrected chi connectivity index (χ1v) is 9.24. The fraction of sp³-hybridized carbons (Fsp3) is 0.312. The molecule has 0 aliphatic heterocycles. The second-order valence-electron chi connectivity index (χ2n) is 5.17. The maximum Gasteiger partial charge on any atom is 0.115 e. The summed E-state index contributed by atoms with van der Waals surface area (Å²) in [5, 5.41) is 4.49. The summed E-state index contributed by atoms with van der Waals surface area (Å²) < 4.78 is 2.11. The van der Waals surface area contributed by atoms with Gasteiger partial charge in [0.2, 0.25) is 0 Å². The summed E-state index contributed by atoms with van der Waals surface area (Å²) in [6.45, 7) is 6.33. The molecule has 0 spiro atoms. The van der Waals surface area contributed by atoms with E-state index in [0.29, 0.717) is 5.92 Å². The van der Waals surface area contributed by atoms with Crippen LogP contribution in [0.25, 0.3) is 0 Å². The Morgan fingerprint density at radius 3 is 2.76 bits per heavy atom. The van der Waals surface area contributed by atoms with E-state index < -0.39 is 0 Å². The molecule has 21 heavy (non-hydrogen) atoms. The van der Waals surface area contributed by atoms with Crippen molar-refractivity contribution < 1.29 is 0 Å². The van der Waals surface area contributed by atoms with Gasteiger partial charge in [-0.1, -0.05) is 47.6 Å². The molecule has 112 valence electrons. The van der Waals surface area contributed by atoms with Gasteiger partial charge in [-0.15, -0.1) is 0 Å². The van der Waals surface area contributed by atoms with Crippen molar-refractivity contribution in [3.05, 3.63) is 51.0 Å². The van der Waals surface area contributed by atoms with E-state index in [1.165, 1.54) is 10.5 Å². The predicted molar refractivity (Wildman–Crippen MR) is 96.7 cm³/mol. The second-order valence-corrected chi connectivity index (χ2v) is 7.97. The average molecular weight is 430 g/mol. The lowest BCUT2D eigenvalue weighted by molar-refractivity contribution is 0.550. The van der Waals surface area contributed by atoms with Crippen molar-refractivity contribution >= 4 is 43.6 Å². The van der Waals surface area contributed by atoms with Gasteiger partial charge in [0.1, 0.15) is 5.03 Å². The highest BCUT2D eigenvalue weighted by Gasteiger charge is 2.09. The van der Waals surface area contributed by atoms with Crippen LogP contribution in [0.15, 0.2) is 55.4 Å². The van der Waals surface area contributed by atoms with Crippen LogP contribution in [0.1, 0.15) is 19.4 Å². The van der Waals surface area contributed by atoms with Crippen LogP contribution in [0.5, 0.6) is 0 Å². The van der Waals surface area contributed by atoms with Crippen molar-refractivity contribution in [3.8, 4) is 0 Å². The van der Waals surface area contributed by atoms with Gasteiger partial charge in [0.25, 0.3) is 0 Å². The molecule has 0 amide bonds. The highest BCUT2D eigenvalue weighted by atomic mass is 79.9. The molecule has 0 aliphatic rings. The number of benzene rings is 1. The minimum Gasteiger partial charge on any atom is -0.312 e. The third kappa shape index (κ3) is 5.40. The molecule has 5 heteroatoms. The smallest absolute Gasteiger partial charge is 0.115 e. The molecular formula is C16H18Br2N2S. The van der Waals surface area contributed by atoms with Crippen molar-refractivity contribution in [3.63, 3.8) is 0 Å². The Labute approximate surface area is 147 Å². The molecule has 2 nitrogen and oxygen atoms in total. The highest BCUT2D eigenvalue weighted by molar-refractivity contribution is 9.10. The first-order chi connectivity index (χ1) is 10.1. The molecule has 2 rings (SSSR count). The van der Waals surface area contributed by atoms with Gasteiger partial charge >= 0.3 is 0 Å². The molecule has 0 atom stereocenters. The van der Waals surface area contributed by atoms with E-state index in [1.54, 1.807) is 11.8 Å². The Morgan fingerprint density at radius 1 is 1.24 bits per heavy atom. The Balaban J connectivity index is 2.17. The highest BCUT2D eigenvalue weighted by Crippen LogP contribution is 2.35. The monoisotopic (exact) mass is 428 g/mol. The maximum atomic E-state index is 4.43. The maximum absolute atomic E-state index is 4.43. The van der Waals surface area contributed by atoms with Crippen LogP contribution in [0.2, 0.25) is 0 Å². The van der Waals surface area contributed by atoms with Crippen molar-refractivity contribution in [2.45, 2.75) is 30.3 Å². The van der Waals surface area contributed by atoms with E-state index in [0.717, 1.165) is 27.1 Å². The number of nitrogens with one attached hydrogen (secondary N) is 1. The zero-order chi connectivity index (χ0) is 15.2. The van der Waals surface area contributed by atoms with Gasteiger partial charge in [-0.3, -0.25) is 0 Å². The minimum absolute atomic E-state index is 0.654. The lowest BCUT2D eigenvalue weighted by Crippen LogP contribution is -2.19. The quantitative estimate of drug-likeness (QED) is 0.655. The number of hydrogen-bond acceptors (Lipinski definition) is 3. The number of nitrogens with zero attached hydrogens (tertiary/aromatic N) is 1. The minimum atomic E-state index is 0.654. The molecule has 1 aromatic carbocycles. The summed E-state index contributed by atoms with van der Waals surface area (Å²) in [6, 6.07) is 10.4. The van der Waals surface area contributed by atoms with Gasteiger partial charge in [-0.25, -0.2) is 4.98 Å². The second kappa shape index (κ2) is 8.32. The molecule has 1 aromatic heterocycles. The molecule has 0 saturated heterocycles. The van der Waals surface area contributed by atoms with Crippen LogP contribution in [0.3, 0.4) is 0 Å². The van der Waals surface area contributed by atoms with Gasteiger partial charge in [-0.05, 0) is 58.2 Å². The number of hydrogen-bond donors (Lipinski definition) is 1. The summed E-state index contributed by atoms with van der Waals surface area (Å²) in [6.07, 6.45) is 1.82. The Hall–Kier alpha value is -0.360. The van der Waals surface area contributed by atoms with Gasteiger partial charge in [0.15, 0.2) is 0 Å². The first-order valence-electron chi connectivity index (χ1n) is 6.84. The summed E-state index contributed by atoms with van der Waals surface area (Å²) in [4.78, 5) is 5.66. The molecule has 0 aliphatic carbocycles. The van der Waals surface area contributed by atoms with Crippen LogP contribution >= 0.6 is 43.6 Å². The van der Waals surface area contributed by atoms with Crippen molar-refractivity contribution in [1.82, 2.24) is 10.3 Å². The van der Waals surface area contributed by atoms with Crippen LogP contribution in [0.4, 0.5) is 0 Å². The Kier molecular flexibility index (Phi) is 6.74. The molecule has 0 bridgehead atoms. The standard InChI is InChI=1S/C16H18Br2N2S/c1-11(2)9-19-10-12-5-6-13(17)8-15(12)21-16-14(18)4-3-7-20-16/h3-8,11,19H,9-10H2,1-2H3. The van der Waals surface area contributed by atoms with Gasteiger partial charge in [0.05, 0.1) is 4.47 Å². The SMILES string of the molecule is CC(C)CNCc1ccc(Br)cc1Sc1ncccc1Br. The van der Waals surface area contributed by atoms with E-state index >= 15 is 0 Å². The normalized spacial score (nSPS) is 11.1. The van der Waals surface area contributed by atoms with E-state index in [2.05, 4.69) is 74.2 Å². The third-order valence-electron chi connectivity index (χ3n) is 2.83. The van der Waals surface area contributed by atoms with E-state index in [9.17, 15) is 0 Å². The van der Waals surface area contributed by atoms with Gasteiger partial charge in [0, 0.05) is 22.1 Å². The number of halogens is 2. The molecule has 2 aromatic rings. The topological polar surface area (TPSA) is 24.9 Å².